The van der Waals surface area contributed by atoms with Crippen LogP contribution in [0.3, 0.4) is 0 Å². The van der Waals surface area contributed by atoms with Gasteiger partial charge < -0.3 is 10.1 Å². The Hall–Kier alpha value is -2.34. The number of rotatable bonds is 8. The van der Waals surface area contributed by atoms with Crippen molar-refractivity contribution in [3.8, 4) is 5.75 Å². The van der Waals surface area contributed by atoms with Gasteiger partial charge in [0.25, 0.3) is 5.91 Å². The van der Waals surface area contributed by atoms with Crippen molar-refractivity contribution in [2.45, 2.75) is 37.6 Å². The Morgan fingerprint density at radius 1 is 1.04 bits per heavy atom. The van der Waals surface area contributed by atoms with Gasteiger partial charge in [0.1, 0.15) is 5.75 Å². The van der Waals surface area contributed by atoms with Crippen LogP contribution < -0.4 is 10.1 Å². The van der Waals surface area contributed by atoms with Crippen LogP contribution in [0.15, 0.2) is 53.4 Å². The van der Waals surface area contributed by atoms with Crippen LogP contribution in [0.25, 0.3) is 0 Å². The maximum atomic E-state index is 12.2. The molecule has 0 heterocycles. The molecule has 1 atom stereocenters. The van der Waals surface area contributed by atoms with Gasteiger partial charge in [0.05, 0.1) is 10.9 Å². The number of sulfone groups is 1. The Labute approximate surface area is 155 Å². The van der Waals surface area contributed by atoms with Crippen LogP contribution in [0.1, 0.15) is 37.4 Å². The lowest BCUT2D eigenvalue weighted by atomic mass is 10.0. The Kier molecular flexibility index (Phi) is 6.80. The van der Waals surface area contributed by atoms with Crippen LogP contribution in [0.5, 0.6) is 5.75 Å². The second kappa shape index (κ2) is 8.85. The molecule has 0 saturated heterocycles. The normalized spacial score (nSPS) is 12.4. The Balaban J connectivity index is 1.94. The molecule has 2 aromatic rings. The highest BCUT2D eigenvalue weighted by Crippen LogP contribution is 2.19. The highest BCUT2D eigenvalue weighted by Gasteiger charge is 2.14. The zero-order chi connectivity index (χ0) is 19.2. The SMILES string of the molecule is CCc1ccc(OCC(=O)N[C@@H](CC)c2ccc(S(C)(=O)=O)cc2)cc1. The Morgan fingerprint density at radius 3 is 2.15 bits per heavy atom. The molecule has 0 aliphatic carbocycles. The fraction of sp³-hybridized carbons (Fsp3) is 0.350. The van der Waals surface area contributed by atoms with Crippen molar-refractivity contribution in [2.24, 2.45) is 0 Å². The van der Waals surface area contributed by atoms with Crippen LogP contribution in [0, 0.1) is 0 Å². The van der Waals surface area contributed by atoms with E-state index in [1.807, 2.05) is 31.2 Å². The van der Waals surface area contributed by atoms with Crippen LogP contribution in [-0.2, 0) is 21.1 Å². The summed E-state index contributed by atoms with van der Waals surface area (Å²) >= 11 is 0. The van der Waals surface area contributed by atoms with Crippen molar-refractivity contribution in [1.29, 1.82) is 0 Å². The minimum atomic E-state index is -3.23. The highest BCUT2D eigenvalue weighted by molar-refractivity contribution is 7.90. The first-order chi connectivity index (χ1) is 12.3. The van der Waals surface area contributed by atoms with Crippen LogP contribution in [0.4, 0.5) is 0 Å². The van der Waals surface area contributed by atoms with Gasteiger partial charge in [0, 0.05) is 6.26 Å². The molecule has 140 valence electrons. The van der Waals surface area contributed by atoms with E-state index in [1.165, 1.54) is 11.8 Å². The van der Waals surface area contributed by atoms with E-state index in [0.29, 0.717) is 12.2 Å². The Bertz CT molecular complexity index is 827. The predicted molar refractivity (Wildman–Crippen MR) is 102 cm³/mol. The minimum Gasteiger partial charge on any atom is -0.484 e. The fourth-order valence-corrected chi connectivity index (χ4v) is 3.21. The zero-order valence-corrected chi connectivity index (χ0v) is 16.2. The highest BCUT2D eigenvalue weighted by atomic mass is 32.2. The summed E-state index contributed by atoms with van der Waals surface area (Å²) < 4.78 is 28.6. The molecule has 0 saturated carbocycles. The number of carbonyl (C=O) groups excluding carboxylic acids is 1. The average Bonchev–Trinajstić information content (AvgIpc) is 2.64. The molecule has 0 aliphatic heterocycles. The number of amides is 1. The van der Waals surface area contributed by atoms with Gasteiger partial charge in [-0.3, -0.25) is 4.79 Å². The summed E-state index contributed by atoms with van der Waals surface area (Å²) in [5.74, 6) is 0.437. The van der Waals surface area contributed by atoms with Crippen molar-refractivity contribution >= 4 is 15.7 Å². The van der Waals surface area contributed by atoms with E-state index < -0.39 is 9.84 Å². The summed E-state index contributed by atoms with van der Waals surface area (Å²) in [6.07, 6.45) is 2.82. The second-order valence-corrected chi connectivity index (χ2v) is 8.17. The number of aryl methyl sites for hydroxylation is 1. The zero-order valence-electron chi connectivity index (χ0n) is 15.4. The molecular formula is C20H25NO4S. The molecule has 1 amide bonds. The van der Waals surface area contributed by atoms with Gasteiger partial charge in [-0.15, -0.1) is 0 Å². The van der Waals surface area contributed by atoms with Gasteiger partial charge in [-0.25, -0.2) is 8.42 Å². The number of nitrogens with one attached hydrogen (secondary N) is 1. The van der Waals surface area contributed by atoms with Crippen molar-refractivity contribution in [3.05, 3.63) is 59.7 Å². The average molecular weight is 375 g/mol. The predicted octanol–water partition coefficient (Wildman–Crippen LogP) is 3.30. The van der Waals surface area contributed by atoms with E-state index in [4.69, 9.17) is 4.74 Å². The van der Waals surface area contributed by atoms with E-state index in [-0.39, 0.29) is 23.5 Å². The van der Waals surface area contributed by atoms with Crippen molar-refractivity contribution in [2.75, 3.05) is 12.9 Å². The number of carbonyl (C=O) groups is 1. The topological polar surface area (TPSA) is 72.5 Å². The summed E-state index contributed by atoms with van der Waals surface area (Å²) in [5, 5.41) is 2.92. The third-order valence-electron chi connectivity index (χ3n) is 4.16. The molecule has 2 rings (SSSR count). The molecule has 1 N–H and O–H groups in total. The van der Waals surface area contributed by atoms with E-state index in [0.717, 1.165) is 12.0 Å². The van der Waals surface area contributed by atoms with Gasteiger partial charge in [-0.05, 0) is 48.2 Å². The first kappa shape index (κ1) is 20.0. The van der Waals surface area contributed by atoms with Crippen LogP contribution in [0.2, 0.25) is 0 Å². The van der Waals surface area contributed by atoms with Crippen LogP contribution >= 0.6 is 0 Å². The lowest BCUT2D eigenvalue weighted by Gasteiger charge is -2.18. The molecule has 0 radical (unpaired) electrons. The van der Waals surface area contributed by atoms with Crippen molar-refractivity contribution in [3.63, 3.8) is 0 Å². The van der Waals surface area contributed by atoms with Crippen molar-refractivity contribution in [1.82, 2.24) is 5.32 Å². The summed E-state index contributed by atoms with van der Waals surface area (Å²) in [4.78, 5) is 12.4. The largest absolute Gasteiger partial charge is 0.484 e. The van der Waals surface area contributed by atoms with E-state index in [2.05, 4.69) is 12.2 Å². The van der Waals surface area contributed by atoms with E-state index in [9.17, 15) is 13.2 Å². The van der Waals surface area contributed by atoms with E-state index in [1.54, 1.807) is 24.3 Å². The molecule has 0 unspecified atom stereocenters. The summed E-state index contributed by atoms with van der Waals surface area (Å²) in [7, 11) is -3.23. The van der Waals surface area contributed by atoms with Crippen LogP contribution in [-0.4, -0.2) is 27.2 Å². The maximum absolute atomic E-state index is 12.2. The second-order valence-electron chi connectivity index (χ2n) is 6.16. The molecule has 0 spiro atoms. The molecule has 0 fully saturated rings. The summed E-state index contributed by atoms with van der Waals surface area (Å²) in [5.41, 5.74) is 2.07. The lowest BCUT2D eigenvalue weighted by Crippen LogP contribution is -2.32. The molecule has 0 aromatic heterocycles. The fourth-order valence-electron chi connectivity index (χ4n) is 2.57. The quantitative estimate of drug-likeness (QED) is 0.768. The minimum absolute atomic E-state index is 0.0661. The molecule has 5 nitrogen and oxygen atoms in total. The molecule has 6 heteroatoms. The summed E-state index contributed by atoms with van der Waals surface area (Å²) in [6, 6.07) is 14.1. The number of hydrogen-bond acceptors (Lipinski definition) is 4. The smallest absolute Gasteiger partial charge is 0.258 e. The van der Waals surface area contributed by atoms with Gasteiger partial charge in [0.15, 0.2) is 16.4 Å². The number of ether oxygens (including phenoxy) is 1. The number of hydrogen-bond donors (Lipinski definition) is 1. The number of benzene rings is 2. The van der Waals surface area contributed by atoms with Gasteiger partial charge in [-0.2, -0.15) is 0 Å². The molecular weight excluding hydrogens is 350 g/mol. The van der Waals surface area contributed by atoms with Gasteiger partial charge in [0.2, 0.25) is 0 Å². The molecule has 0 aliphatic rings. The van der Waals surface area contributed by atoms with E-state index >= 15 is 0 Å². The lowest BCUT2D eigenvalue weighted by molar-refractivity contribution is -0.123. The maximum Gasteiger partial charge on any atom is 0.258 e. The third kappa shape index (κ3) is 5.59. The monoisotopic (exact) mass is 375 g/mol. The van der Waals surface area contributed by atoms with Gasteiger partial charge in [-0.1, -0.05) is 38.1 Å². The molecule has 2 aromatic carbocycles. The first-order valence-electron chi connectivity index (χ1n) is 8.64. The third-order valence-corrected chi connectivity index (χ3v) is 5.28. The first-order valence-corrected chi connectivity index (χ1v) is 10.5. The Morgan fingerprint density at radius 2 is 1.65 bits per heavy atom. The molecule has 0 bridgehead atoms. The summed E-state index contributed by atoms with van der Waals surface area (Å²) in [6.45, 7) is 3.97. The molecule has 26 heavy (non-hydrogen) atoms. The van der Waals surface area contributed by atoms with Crippen molar-refractivity contribution < 1.29 is 17.9 Å². The van der Waals surface area contributed by atoms with Gasteiger partial charge >= 0.3 is 0 Å². The standard InChI is InChI=1S/C20H25NO4S/c1-4-15-6-10-17(11-7-15)25-14-20(22)21-19(5-2)16-8-12-18(13-9-16)26(3,23)24/h6-13,19H,4-5,14H2,1-3H3,(H,21,22)/t19-/m0/s1.